The zero-order valence-electron chi connectivity index (χ0n) is 16.8. The minimum Gasteiger partial charge on any atom is -0.344 e. The second-order valence-corrected chi connectivity index (χ2v) is 7.47. The van der Waals surface area contributed by atoms with Crippen LogP contribution < -0.4 is 15.5 Å². The highest BCUT2D eigenvalue weighted by Gasteiger charge is 2.33. The van der Waals surface area contributed by atoms with Gasteiger partial charge in [0.15, 0.2) is 0 Å². The van der Waals surface area contributed by atoms with Crippen molar-refractivity contribution in [1.29, 1.82) is 0 Å². The van der Waals surface area contributed by atoms with Gasteiger partial charge in [-0.05, 0) is 60.9 Å². The third-order valence-electron chi connectivity index (χ3n) is 4.68. The number of allylic oxidation sites excluding steroid dienone is 3. The number of alkyl halides is 3. The van der Waals surface area contributed by atoms with Gasteiger partial charge in [-0.15, -0.1) is 6.58 Å². The van der Waals surface area contributed by atoms with Crippen molar-refractivity contribution in [2.45, 2.75) is 19.5 Å². The molecule has 0 aliphatic carbocycles. The molecule has 4 nitrogen and oxygen atoms in total. The Hall–Kier alpha value is -3.19. The molecule has 0 unspecified atom stereocenters. The Morgan fingerprint density at radius 3 is 2.55 bits per heavy atom. The average molecular weight is 448 g/mol. The lowest BCUT2D eigenvalue weighted by Crippen LogP contribution is -2.23. The van der Waals surface area contributed by atoms with Crippen LogP contribution in [0, 0.1) is 6.92 Å². The van der Waals surface area contributed by atoms with E-state index in [9.17, 15) is 18.0 Å². The van der Waals surface area contributed by atoms with Crippen molar-refractivity contribution in [3.8, 4) is 0 Å². The Morgan fingerprint density at radius 1 is 1.19 bits per heavy atom. The summed E-state index contributed by atoms with van der Waals surface area (Å²) in [6.45, 7) is 6.43. The standard InChI is InChI=1S/C23H21ClF3N3O/c1-3-5-16-6-4-11-30(14-16)21-13-18(8-7-15(21)2)29-22(31)28-17-9-10-20(24)19(12-17)23(25,26)27/h3-4,6-13H,1,5,14H2,2H3,(H2,28,29,31). The van der Waals surface area contributed by atoms with Crippen molar-refractivity contribution >= 4 is 34.7 Å². The summed E-state index contributed by atoms with van der Waals surface area (Å²) in [5.74, 6) is 0. The highest BCUT2D eigenvalue weighted by molar-refractivity contribution is 6.31. The molecule has 8 heteroatoms. The Labute approximate surface area is 183 Å². The third-order valence-corrected chi connectivity index (χ3v) is 5.01. The summed E-state index contributed by atoms with van der Waals surface area (Å²) in [5, 5.41) is 4.64. The maximum Gasteiger partial charge on any atom is 0.417 e. The van der Waals surface area contributed by atoms with E-state index < -0.39 is 22.8 Å². The molecule has 0 saturated carbocycles. The fraction of sp³-hybridized carbons (Fsp3) is 0.174. The molecular formula is C23H21ClF3N3O. The number of nitrogens with zero attached hydrogens (tertiary/aromatic N) is 1. The number of hydrogen-bond donors (Lipinski definition) is 2. The lowest BCUT2D eigenvalue weighted by molar-refractivity contribution is -0.137. The second-order valence-electron chi connectivity index (χ2n) is 7.06. The summed E-state index contributed by atoms with van der Waals surface area (Å²) in [6, 6.07) is 7.97. The van der Waals surface area contributed by atoms with Crippen LogP contribution in [-0.2, 0) is 6.18 Å². The molecule has 2 amide bonds. The zero-order valence-corrected chi connectivity index (χ0v) is 17.5. The Balaban J connectivity index is 1.73. The van der Waals surface area contributed by atoms with Gasteiger partial charge in [-0.2, -0.15) is 13.2 Å². The number of urea groups is 1. The first-order valence-electron chi connectivity index (χ1n) is 9.46. The maximum absolute atomic E-state index is 13.0. The number of carbonyl (C=O) groups is 1. The van der Waals surface area contributed by atoms with Crippen molar-refractivity contribution in [3.63, 3.8) is 0 Å². The normalized spacial score (nSPS) is 13.6. The number of halogens is 4. The molecule has 0 fully saturated rings. The fourth-order valence-corrected chi connectivity index (χ4v) is 3.43. The van der Waals surface area contributed by atoms with Gasteiger partial charge in [0.25, 0.3) is 0 Å². The van der Waals surface area contributed by atoms with Crippen LogP contribution in [-0.4, -0.2) is 12.6 Å². The van der Waals surface area contributed by atoms with E-state index >= 15 is 0 Å². The molecule has 1 aliphatic heterocycles. The number of aryl methyl sites for hydroxylation is 1. The van der Waals surface area contributed by atoms with Gasteiger partial charge in [0.1, 0.15) is 0 Å². The Morgan fingerprint density at radius 2 is 1.87 bits per heavy atom. The van der Waals surface area contributed by atoms with Crippen molar-refractivity contribution in [3.05, 3.63) is 89.1 Å². The fourth-order valence-electron chi connectivity index (χ4n) is 3.20. The summed E-state index contributed by atoms with van der Waals surface area (Å²) >= 11 is 5.62. The molecule has 2 N–H and O–H groups in total. The third kappa shape index (κ3) is 5.70. The molecule has 0 atom stereocenters. The molecule has 31 heavy (non-hydrogen) atoms. The number of hydrogen-bond acceptors (Lipinski definition) is 2. The lowest BCUT2D eigenvalue weighted by Gasteiger charge is -2.26. The molecular weight excluding hydrogens is 427 g/mol. The second kappa shape index (κ2) is 9.31. The molecule has 0 spiro atoms. The van der Waals surface area contributed by atoms with Gasteiger partial charge >= 0.3 is 12.2 Å². The molecule has 0 saturated heterocycles. The summed E-state index contributed by atoms with van der Waals surface area (Å²) < 4.78 is 39.0. The topological polar surface area (TPSA) is 44.4 Å². The molecule has 162 valence electrons. The number of benzene rings is 2. The van der Waals surface area contributed by atoms with Crippen molar-refractivity contribution in [1.82, 2.24) is 0 Å². The van der Waals surface area contributed by atoms with E-state index in [4.69, 9.17) is 11.6 Å². The highest BCUT2D eigenvalue weighted by atomic mass is 35.5. The first-order valence-corrected chi connectivity index (χ1v) is 9.84. The van der Waals surface area contributed by atoms with E-state index in [1.54, 1.807) is 6.07 Å². The van der Waals surface area contributed by atoms with Gasteiger partial charge in [0.2, 0.25) is 0 Å². The number of nitrogens with one attached hydrogen (secondary N) is 2. The Bertz CT molecular complexity index is 1060. The molecule has 2 aromatic rings. The van der Waals surface area contributed by atoms with Crippen LogP contribution in [0.4, 0.5) is 35.0 Å². The minimum absolute atomic E-state index is 0.0141. The smallest absolute Gasteiger partial charge is 0.344 e. The van der Waals surface area contributed by atoms with Gasteiger partial charge in [-0.1, -0.05) is 29.8 Å². The van der Waals surface area contributed by atoms with Gasteiger partial charge in [-0.25, -0.2) is 4.79 Å². The largest absolute Gasteiger partial charge is 0.417 e. The summed E-state index contributed by atoms with van der Waals surface area (Å²) in [6.07, 6.45) is 3.96. The number of anilines is 3. The minimum atomic E-state index is -4.61. The van der Waals surface area contributed by atoms with Crippen LogP contribution in [0.2, 0.25) is 5.02 Å². The zero-order chi connectivity index (χ0) is 22.6. The molecule has 1 heterocycles. The number of rotatable bonds is 5. The molecule has 0 radical (unpaired) electrons. The first kappa shape index (κ1) is 22.5. The van der Waals surface area contributed by atoms with E-state index in [1.807, 2.05) is 43.5 Å². The predicted octanol–water partition coefficient (Wildman–Crippen LogP) is 7.15. The molecule has 0 bridgehead atoms. The van der Waals surface area contributed by atoms with E-state index in [-0.39, 0.29) is 5.69 Å². The first-order chi connectivity index (χ1) is 14.7. The van der Waals surface area contributed by atoms with Crippen LogP contribution in [0.5, 0.6) is 0 Å². The van der Waals surface area contributed by atoms with Crippen molar-refractivity contribution < 1.29 is 18.0 Å². The summed E-state index contributed by atoms with van der Waals surface area (Å²) in [4.78, 5) is 14.4. The SMILES string of the molecule is C=CCC1=CC=CN(c2cc(NC(=O)Nc3ccc(Cl)c(C(F)(F)F)c3)ccc2C)C1. The van der Waals surface area contributed by atoms with E-state index in [1.165, 1.54) is 11.6 Å². The van der Waals surface area contributed by atoms with E-state index in [0.29, 0.717) is 12.2 Å². The van der Waals surface area contributed by atoms with Crippen LogP contribution >= 0.6 is 11.6 Å². The average Bonchev–Trinajstić information content (AvgIpc) is 2.70. The van der Waals surface area contributed by atoms with Gasteiger partial charge in [-0.3, -0.25) is 0 Å². The maximum atomic E-state index is 13.0. The molecule has 0 aromatic heterocycles. The van der Waals surface area contributed by atoms with Gasteiger partial charge in [0.05, 0.1) is 10.6 Å². The highest BCUT2D eigenvalue weighted by Crippen LogP contribution is 2.36. The number of amides is 2. The quantitative estimate of drug-likeness (QED) is 0.478. The van der Waals surface area contributed by atoms with Crippen LogP contribution in [0.15, 0.2) is 73.0 Å². The van der Waals surface area contributed by atoms with Gasteiger partial charge < -0.3 is 15.5 Å². The monoisotopic (exact) mass is 447 g/mol. The predicted molar refractivity (Wildman–Crippen MR) is 120 cm³/mol. The molecule has 1 aliphatic rings. The van der Waals surface area contributed by atoms with Crippen LogP contribution in [0.25, 0.3) is 0 Å². The summed E-state index contributed by atoms with van der Waals surface area (Å²) in [5.41, 5.74) is 2.62. The molecule has 3 rings (SSSR count). The lowest BCUT2D eigenvalue weighted by atomic mass is 10.1. The number of carbonyl (C=O) groups excluding carboxylic acids is 1. The van der Waals surface area contributed by atoms with Crippen molar-refractivity contribution in [2.75, 3.05) is 22.1 Å². The molecule has 2 aromatic carbocycles. The van der Waals surface area contributed by atoms with Gasteiger partial charge in [0, 0.05) is 29.8 Å². The van der Waals surface area contributed by atoms with Crippen molar-refractivity contribution in [2.24, 2.45) is 0 Å². The Kier molecular flexibility index (Phi) is 6.75. The van der Waals surface area contributed by atoms with Crippen LogP contribution in [0.3, 0.4) is 0 Å². The van der Waals surface area contributed by atoms with E-state index in [2.05, 4.69) is 22.1 Å². The summed E-state index contributed by atoms with van der Waals surface area (Å²) in [7, 11) is 0. The van der Waals surface area contributed by atoms with E-state index in [0.717, 1.165) is 29.8 Å². The van der Waals surface area contributed by atoms with Crippen LogP contribution in [0.1, 0.15) is 17.5 Å².